The lowest BCUT2D eigenvalue weighted by atomic mass is 9.43. The molecule has 1 N–H and O–H groups in total. The summed E-state index contributed by atoms with van der Waals surface area (Å²) in [6, 6.07) is 0. The summed E-state index contributed by atoms with van der Waals surface area (Å²) in [7, 11) is 0. The first-order valence-corrected chi connectivity index (χ1v) is 7.43. The van der Waals surface area contributed by atoms with Crippen LogP contribution in [0, 0.1) is 16.7 Å². The molecule has 4 aliphatic carbocycles. The molecule has 4 bridgehead atoms. The zero-order valence-electron chi connectivity index (χ0n) is 11.9. The minimum absolute atomic E-state index is 0.00579. The van der Waals surface area contributed by atoms with Crippen molar-refractivity contribution in [2.75, 3.05) is 6.54 Å². The molecule has 19 heavy (non-hydrogen) atoms. The van der Waals surface area contributed by atoms with E-state index in [9.17, 15) is 13.2 Å². The van der Waals surface area contributed by atoms with Crippen molar-refractivity contribution < 1.29 is 13.2 Å². The summed E-state index contributed by atoms with van der Waals surface area (Å²) in [6.45, 7) is 4.77. The fraction of sp³-hybridized carbons (Fsp3) is 1.00. The molecular formula is C15H24F3N. The third-order valence-electron chi connectivity index (χ3n) is 5.53. The lowest BCUT2D eigenvalue weighted by molar-refractivity contribution is -0.141. The van der Waals surface area contributed by atoms with Gasteiger partial charge in [0.15, 0.2) is 0 Å². The van der Waals surface area contributed by atoms with E-state index >= 15 is 0 Å². The normalized spacial score (nSPS) is 48.8. The SMILES string of the molecule is CC12CC3CC(C)(C1)CC(NCCC(F)(F)F)(C3)C2. The van der Waals surface area contributed by atoms with Crippen LogP contribution in [0.1, 0.15) is 58.8 Å². The van der Waals surface area contributed by atoms with E-state index in [4.69, 9.17) is 0 Å². The molecule has 2 atom stereocenters. The molecule has 4 saturated carbocycles. The van der Waals surface area contributed by atoms with Gasteiger partial charge in [0, 0.05) is 12.1 Å². The quantitative estimate of drug-likeness (QED) is 0.810. The average molecular weight is 275 g/mol. The molecule has 0 aliphatic heterocycles. The highest BCUT2D eigenvalue weighted by atomic mass is 19.4. The van der Waals surface area contributed by atoms with E-state index in [0.29, 0.717) is 10.8 Å². The first kappa shape index (κ1) is 13.7. The number of halogens is 3. The van der Waals surface area contributed by atoms with Crippen molar-refractivity contribution in [1.29, 1.82) is 0 Å². The molecule has 0 radical (unpaired) electrons. The van der Waals surface area contributed by atoms with Crippen LogP contribution in [0.25, 0.3) is 0 Å². The van der Waals surface area contributed by atoms with Crippen LogP contribution < -0.4 is 5.32 Å². The van der Waals surface area contributed by atoms with E-state index in [-0.39, 0.29) is 12.1 Å². The third kappa shape index (κ3) is 2.65. The van der Waals surface area contributed by atoms with Gasteiger partial charge in [-0.05, 0) is 55.3 Å². The number of nitrogens with one attached hydrogen (secondary N) is 1. The van der Waals surface area contributed by atoms with Gasteiger partial charge in [0.25, 0.3) is 0 Å². The van der Waals surface area contributed by atoms with Crippen LogP contribution in [-0.4, -0.2) is 18.3 Å². The van der Waals surface area contributed by atoms with E-state index in [1.165, 1.54) is 19.3 Å². The molecule has 110 valence electrons. The molecule has 0 spiro atoms. The Morgan fingerprint density at radius 2 is 1.58 bits per heavy atom. The maximum absolute atomic E-state index is 12.3. The van der Waals surface area contributed by atoms with Gasteiger partial charge in [0.05, 0.1) is 6.42 Å². The van der Waals surface area contributed by atoms with Crippen LogP contribution in [0.5, 0.6) is 0 Å². The second-order valence-electron chi connectivity index (χ2n) is 8.20. The van der Waals surface area contributed by atoms with Crippen molar-refractivity contribution in [2.24, 2.45) is 16.7 Å². The van der Waals surface area contributed by atoms with Crippen LogP contribution in [0.3, 0.4) is 0 Å². The minimum atomic E-state index is -4.04. The molecule has 1 nitrogen and oxygen atoms in total. The Bertz CT molecular complexity index is 358. The maximum Gasteiger partial charge on any atom is 0.390 e. The summed E-state index contributed by atoms with van der Waals surface area (Å²) in [4.78, 5) is 0. The second kappa shape index (κ2) is 3.90. The second-order valence-corrected chi connectivity index (χ2v) is 8.20. The van der Waals surface area contributed by atoms with Gasteiger partial charge < -0.3 is 5.32 Å². The molecule has 4 aliphatic rings. The predicted octanol–water partition coefficient (Wildman–Crippen LogP) is 4.28. The molecule has 0 heterocycles. The molecule has 0 aromatic heterocycles. The smallest absolute Gasteiger partial charge is 0.311 e. The monoisotopic (exact) mass is 275 g/mol. The zero-order chi connectivity index (χ0) is 13.9. The molecule has 0 amide bonds. The molecule has 0 aromatic carbocycles. The van der Waals surface area contributed by atoms with Crippen LogP contribution in [0.4, 0.5) is 13.2 Å². The summed E-state index contributed by atoms with van der Waals surface area (Å²) >= 11 is 0. The van der Waals surface area contributed by atoms with Gasteiger partial charge in [-0.1, -0.05) is 13.8 Å². The minimum Gasteiger partial charge on any atom is -0.311 e. The Kier molecular flexibility index (Phi) is 2.81. The Balaban J connectivity index is 1.70. The highest BCUT2D eigenvalue weighted by molar-refractivity contribution is 5.14. The van der Waals surface area contributed by atoms with E-state index in [0.717, 1.165) is 25.2 Å². The van der Waals surface area contributed by atoms with Crippen molar-refractivity contribution >= 4 is 0 Å². The molecule has 4 fully saturated rings. The van der Waals surface area contributed by atoms with Gasteiger partial charge in [-0.25, -0.2) is 0 Å². The number of alkyl halides is 3. The molecular weight excluding hydrogens is 251 g/mol. The van der Waals surface area contributed by atoms with Gasteiger partial charge in [0.1, 0.15) is 0 Å². The van der Waals surface area contributed by atoms with Crippen LogP contribution in [0.2, 0.25) is 0 Å². The molecule has 0 aromatic rings. The third-order valence-corrected chi connectivity index (χ3v) is 5.53. The fourth-order valence-corrected chi connectivity index (χ4v) is 6.11. The van der Waals surface area contributed by atoms with Crippen molar-refractivity contribution in [1.82, 2.24) is 5.32 Å². The van der Waals surface area contributed by atoms with Crippen molar-refractivity contribution in [2.45, 2.75) is 70.5 Å². The first-order valence-electron chi connectivity index (χ1n) is 7.43. The molecule has 2 unspecified atom stereocenters. The van der Waals surface area contributed by atoms with E-state index in [1.54, 1.807) is 0 Å². The lowest BCUT2D eigenvalue weighted by Gasteiger charge is -2.65. The van der Waals surface area contributed by atoms with Crippen molar-refractivity contribution in [3.8, 4) is 0 Å². The van der Waals surface area contributed by atoms with Gasteiger partial charge in [-0.15, -0.1) is 0 Å². The van der Waals surface area contributed by atoms with Crippen LogP contribution in [0.15, 0.2) is 0 Å². The van der Waals surface area contributed by atoms with Gasteiger partial charge in [-0.2, -0.15) is 13.2 Å². The molecule has 0 saturated heterocycles. The largest absolute Gasteiger partial charge is 0.390 e. The first-order chi connectivity index (χ1) is 8.61. The van der Waals surface area contributed by atoms with E-state index in [1.807, 2.05) is 0 Å². The predicted molar refractivity (Wildman–Crippen MR) is 68.8 cm³/mol. The Labute approximate surface area is 113 Å². The highest BCUT2D eigenvalue weighted by Gasteiger charge is 2.59. The summed E-state index contributed by atoms with van der Waals surface area (Å²) in [5, 5.41) is 3.31. The van der Waals surface area contributed by atoms with Crippen molar-refractivity contribution in [3.05, 3.63) is 0 Å². The van der Waals surface area contributed by atoms with E-state index < -0.39 is 12.6 Å². The maximum atomic E-state index is 12.3. The standard InChI is InChI=1S/C15H24F3N/c1-12-5-11-6-13(2,8-12)10-14(7-11,9-12)19-4-3-15(16,17)18/h11,19H,3-10H2,1-2H3. The Morgan fingerprint density at radius 3 is 2.05 bits per heavy atom. The van der Waals surface area contributed by atoms with Gasteiger partial charge >= 0.3 is 6.18 Å². The highest BCUT2D eigenvalue weighted by Crippen LogP contribution is 2.66. The van der Waals surface area contributed by atoms with Gasteiger partial charge in [0.2, 0.25) is 0 Å². The van der Waals surface area contributed by atoms with E-state index in [2.05, 4.69) is 19.2 Å². The topological polar surface area (TPSA) is 12.0 Å². The lowest BCUT2D eigenvalue weighted by Crippen LogP contribution is -2.64. The van der Waals surface area contributed by atoms with Gasteiger partial charge in [-0.3, -0.25) is 0 Å². The molecule has 4 rings (SSSR count). The number of rotatable bonds is 3. The summed E-state index contributed by atoms with van der Waals surface area (Å²) in [5.41, 5.74) is 0.715. The average Bonchev–Trinajstić information content (AvgIpc) is 2.07. The Hall–Kier alpha value is -0.250. The fourth-order valence-electron chi connectivity index (χ4n) is 6.11. The summed E-state index contributed by atoms with van der Waals surface area (Å²) in [5.74, 6) is 0.727. The Morgan fingerprint density at radius 1 is 1.00 bits per heavy atom. The number of hydrogen-bond donors (Lipinski definition) is 1. The summed E-state index contributed by atoms with van der Waals surface area (Å²) in [6.07, 6.45) is 2.33. The van der Waals surface area contributed by atoms with Crippen LogP contribution >= 0.6 is 0 Å². The summed E-state index contributed by atoms with van der Waals surface area (Å²) < 4.78 is 37.0. The molecule has 4 heteroatoms. The van der Waals surface area contributed by atoms with Crippen LogP contribution in [-0.2, 0) is 0 Å². The zero-order valence-corrected chi connectivity index (χ0v) is 11.9. The number of hydrogen-bond acceptors (Lipinski definition) is 1. The van der Waals surface area contributed by atoms with Crippen molar-refractivity contribution in [3.63, 3.8) is 0 Å².